The topological polar surface area (TPSA) is 17.8 Å². The molecular weight excluding hydrogens is 672 g/mol. The Morgan fingerprint density at radius 1 is 0.436 bits per heavy atom. The van der Waals surface area contributed by atoms with Gasteiger partial charge in [-0.3, -0.25) is 4.57 Å². The number of rotatable bonds is 4. The van der Waals surface area contributed by atoms with Gasteiger partial charge in [0.15, 0.2) is 0 Å². The highest BCUT2D eigenvalue weighted by Gasteiger charge is 2.21. The Morgan fingerprint density at radius 2 is 1.04 bits per heavy atom. The fourth-order valence-corrected chi connectivity index (χ4v) is 8.87. The number of aryl methyl sites for hydroxylation is 1. The first-order chi connectivity index (χ1) is 27.1. The summed E-state index contributed by atoms with van der Waals surface area (Å²) in [4.78, 5) is 4.87. The molecule has 0 saturated carbocycles. The second-order valence-electron chi connectivity index (χ2n) is 14.5. The first kappa shape index (κ1) is 31.4. The summed E-state index contributed by atoms with van der Waals surface area (Å²) in [7, 11) is 0. The minimum absolute atomic E-state index is 0.300. The number of benzene rings is 9. The monoisotopic (exact) mass is 704 g/mol. The summed E-state index contributed by atoms with van der Waals surface area (Å²) in [5, 5.41) is 11.4. The molecule has 0 aliphatic heterocycles. The van der Waals surface area contributed by atoms with Gasteiger partial charge < -0.3 is 0 Å². The van der Waals surface area contributed by atoms with Crippen molar-refractivity contribution in [1.29, 1.82) is 0 Å². The summed E-state index contributed by atoms with van der Waals surface area (Å²) in [5.41, 5.74) is 10.2. The van der Waals surface area contributed by atoms with Gasteiger partial charge in [-0.25, -0.2) is 9.37 Å². The van der Waals surface area contributed by atoms with E-state index in [2.05, 4.69) is 169 Å². The predicted molar refractivity (Wildman–Crippen MR) is 230 cm³/mol. The van der Waals surface area contributed by atoms with E-state index in [0.717, 1.165) is 71.4 Å². The van der Waals surface area contributed by atoms with Gasteiger partial charge in [-0.2, -0.15) is 0 Å². The third-order valence-corrected chi connectivity index (χ3v) is 11.3. The molecule has 0 amide bonds. The van der Waals surface area contributed by atoms with Crippen LogP contribution >= 0.6 is 0 Å². The molecule has 0 spiro atoms. The van der Waals surface area contributed by atoms with E-state index >= 15 is 4.39 Å². The van der Waals surface area contributed by atoms with Gasteiger partial charge in [0.05, 0.1) is 11.2 Å². The van der Waals surface area contributed by atoms with E-state index in [1.54, 1.807) is 12.1 Å². The van der Waals surface area contributed by atoms with E-state index < -0.39 is 0 Å². The predicted octanol–water partition coefficient (Wildman–Crippen LogP) is 14.2. The first-order valence-corrected chi connectivity index (χ1v) is 18.7. The molecule has 2 heterocycles. The summed E-state index contributed by atoms with van der Waals surface area (Å²) in [6, 6.07) is 61.5. The maximum atomic E-state index is 16.3. The van der Waals surface area contributed by atoms with Gasteiger partial charge in [0.25, 0.3) is 0 Å². The summed E-state index contributed by atoms with van der Waals surface area (Å²) in [6.45, 7) is 2.10. The Labute approximate surface area is 317 Å². The van der Waals surface area contributed by atoms with Crippen molar-refractivity contribution in [3.63, 3.8) is 0 Å². The lowest BCUT2D eigenvalue weighted by molar-refractivity contribution is 0.627. The van der Waals surface area contributed by atoms with E-state index in [1.807, 2.05) is 12.3 Å². The van der Waals surface area contributed by atoms with Crippen LogP contribution < -0.4 is 0 Å². The molecule has 2 nitrogen and oxygen atoms in total. The lowest BCUT2D eigenvalue weighted by Gasteiger charge is -2.20. The number of hydrogen-bond donors (Lipinski definition) is 0. The maximum Gasteiger partial charge on any atom is 0.145 e. The number of nitrogens with zero attached hydrogens (tertiary/aromatic N) is 2. The van der Waals surface area contributed by atoms with Crippen molar-refractivity contribution in [1.82, 2.24) is 9.55 Å². The van der Waals surface area contributed by atoms with Gasteiger partial charge in [-0.15, -0.1) is 0 Å². The lowest BCUT2D eigenvalue weighted by atomic mass is 9.84. The third kappa shape index (κ3) is 4.90. The Morgan fingerprint density at radius 3 is 1.76 bits per heavy atom. The molecule has 0 unspecified atom stereocenters. The number of pyridine rings is 1. The minimum Gasteiger partial charge on any atom is -0.294 e. The van der Waals surface area contributed by atoms with E-state index in [0.29, 0.717) is 0 Å². The van der Waals surface area contributed by atoms with Crippen LogP contribution in [-0.2, 0) is 0 Å². The van der Waals surface area contributed by atoms with Crippen molar-refractivity contribution >= 4 is 65.0 Å². The van der Waals surface area contributed by atoms with Crippen molar-refractivity contribution in [2.45, 2.75) is 6.92 Å². The largest absolute Gasteiger partial charge is 0.294 e. The van der Waals surface area contributed by atoms with Crippen LogP contribution in [-0.4, -0.2) is 9.55 Å². The van der Waals surface area contributed by atoms with E-state index in [9.17, 15) is 0 Å². The van der Waals surface area contributed by atoms with Crippen LogP contribution in [0.5, 0.6) is 0 Å². The van der Waals surface area contributed by atoms with E-state index in [1.165, 1.54) is 38.2 Å². The Bertz CT molecular complexity index is 3280. The molecule has 0 aliphatic rings. The third-order valence-electron chi connectivity index (χ3n) is 11.3. The average Bonchev–Trinajstić information content (AvgIpc) is 3.56. The molecule has 0 aliphatic carbocycles. The number of fused-ring (bicyclic) bond motifs is 8. The van der Waals surface area contributed by atoms with Gasteiger partial charge in [0.2, 0.25) is 0 Å². The molecule has 0 fully saturated rings. The molecule has 2 aromatic heterocycles. The Balaban J connectivity index is 1.20. The number of halogens is 1. The Hall–Kier alpha value is -7.10. The zero-order valence-corrected chi connectivity index (χ0v) is 30.1. The van der Waals surface area contributed by atoms with Crippen molar-refractivity contribution in [2.24, 2.45) is 0 Å². The molecule has 0 N–H and O–H groups in total. The maximum absolute atomic E-state index is 16.3. The van der Waals surface area contributed by atoms with Gasteiger partial charge >= 0.3 is 0 Å². The van der Waals surface area contributed by atoms with E-state index in [-0.39, 0.29) is 5.82 Å². The molecular formula is C52H33FN2. The van der Waals surface area contributed by atoms with Gasteiger partial charge in [0.1, 0.15) is 11.5 Å². The van der Waals surface area contributed by atoms with Crippen LogP contribution in [0.3, 0.4) is 0 Å². The molecule has 11 aromatic rings. The first-order valence-electron chi connectivity index (χ1n) is 18.7. The van der Waals surface area contributed by atoms with Crippen molar-refractivity contribution < 1.29 is 4.39 Å². The zero-order chi connectivity index (χ0) is 36.6. The van der Waals surface area contributed by atoms with Crippen LogP contribution in [0.1, 0.15) is 5.56 Å². The standard InChI is InChI=1S/C52H33FN2/c1-32-20-22-33(23-21-32)34-24-25-42-47-19-10-26-54-52(47)55(49(42)30-34)38-28-36(27-37(53)31-38)50-43-15-6-8-17-45(43)51(46-18-9-7-16-44(46)50)48-29-35-11-2-3-12-39(35)40-13-4-5-14-41(40)48/h2-31H,1H3. The molecule has 55 heavy (non-hydrogen) atoms. The van der Waals surface area contributed by atoms with Crippen molar-refractivity contribution in [2.75, 3.05) is 0 Å². The van der Waals surface area contributed by atoms with Gasteiger partial charge in [-0.1, -0.05) is 139 Å². The highest BCUT2D eigenvalue weighted by Crippen LogP contribution is 2.47. The number of aromatic nitrogens is 2. The lowest BCUT2D eigenvalue weighted by Crippen LogP contribution is -1.98. The highest BCUT2D eigenvalue weighted by atomic mass is 19.1. The fraction of sp³-hybridized carbons (Fsp3) is 0.0192. The number of hydrogen-bond acceptors (Lipinski definition) is 1. The average molecular weight is 705 g/mol. The second-order valence-corrected chi connectivity index (χ2v) is 14.5. The molecule has 3 heteroatoms. The van der Waals surface area contributed by atoms with Crippen LogP contribution in [0.4, 0.5) is 4.39 Å². The molecule has 0 radical (unpaired) electrons. The van der Waals surface area contributed by atoms with Crippen LogP contribution in [0.15, 0.2) is 182 Å². The molecule has 258 valence electrons. The molecule has 9 aromatic carbocycles. The molecule has 0 atom stereocenters. The van der Waals surface area contributed by atoms with Crippen molar-refractivity contribution in [3.05, 3.63) is 194 Å². The fourth-order valence-electron chi connectivity index (χ4n) is 8.87. The minimum atomic E-state index is -0.300. The highest BCUT2D eigenvalue weighted by molar-refractivity contribution is 6.25. The SMILES string of the molecule is Cc1ccc(-c2ccc3c4cccnc4n(-c4cc(F)cc(-c5c6ccccc6c(-c6cc7ccccc7c7ccccc67)c6ccccc56)c4)c3c2)cc1. The van der Waals surface area contributed by atoms with Gasteiger partial charge in [-0.05, 0) is 126 Å². The van der Waals surface area contributed by atoms with Crippen LogP contribution in [0, 0.1) is 12.7 Å². The smallest absolute Gasteiger partial charge is 0.145 e. The molecule has 0 bridgehead atoms. The molecule has 11 rings (SSSR count). The van der Waals surface area contributed by atoms with Crippen molar-refractivity contribution in [3.8, 4) is 39.1 Å². The van der Waals surface area contributed by atoms with Gasteiger partial charge in [0, 0.05) is 17.0 Å². The van der Waals surface area contributed by atoms with E-state index in [4.69, 9.17) is 4.98 Å². The summed E-state index contributed by atoms with van der Waals surface area (Å²) in [6.07, 6.45) is 1.81. The van der Waals surface area contributed by atoms with Crippen LogP contribution in [0.2, 0.25) is 0 Å². The summed E-state index contributed by atoms with van der Waals surface area (Å²) in [5.74, 6) is -0.300. The second kappa shape index (κ2) is 12.2. The quantitative estimate of drug-likeness (QED) is 0.132. The summed E-state index contributed by atoms with van der Waals surface area (Å²) >= 11 is 0. The molecule has 0 saturated heterocycles. The Kier molecular flexibility index (Phi) is 6.99. The summed E-state index contributed by atoms with van der Waals surface area (Å²) < 4.78 is 18.4. The van der Waals surface area contributed by atoms with Crippen LogP contribution in [0.25, 0.3) is 104 Å². The zero-order valence-electron chi connectivity index (χ0n) is 30.1. The normalized spacial score (nSPS) is 11.8.